The molecule has 0 unspecified atom stereocenters. The van der Waals surface area contributed by atoms with Gasteiger partial charge in [0, 0.05) is 45.8 Å². The van der Waals surface area contributed by atoms with Crippen molar-refractivity contribution in [3.05, 3.63) is 22.5 Å². The van der Waals surface area contributed by atoms with E-state index in [1.165, 1.54) is 32.0 Å². The van der Waals surface area contributed by atoms with Gasteiger partial charge in [0.05, 0.1) is 4.92 Å². The van der Waals surface area contributed by atoms with E-state index in [2.05, 4.69) is 31.7 Å². The van der Waals surface area contributed by atoms with Gasteiger partial charge in [0.1, 0.15) is 12.4 Å². The fourth-order valence-electron chi connectivity index (χ4n) is 3.28. The Bertz CT molecular complexity index is 521. The molecule has 23 heavy (non-hydrogen) atoms. The first-order valence-corrected chi connectivity index (χ1v) is 8.24. The van der Waals surface area contributed by atoms with Gasteiger partial charge in [-0.25, -0.2) is 9.97 Å². The molecule has 0 amide bonds. The van der Waals surface area contributed by atoms with Crippen molar-refractivity contribution >= 4 is 11.6 Å². The van der Waals surface area contributed by atoms with Crippen molar-refractivity contribution in [2.24, 2.45) is 5.92 Å². The van der Waals surface area contributed by atoms with Gasteiger partial charge in [-0.1, -0.05) is 0 Å². The van der Waals surface area contributed by atoms with Crippen LogP contribution < -0.4 is 4.90 Å². The maximum Gasteiger partial charge on any atom is 0.305 e. The number of piperidine rings is 1. The number of nitro groups is 1. The number of piperazine rings is 1. The normalized spacial score (nSPS) is 21.5. The molecule has 8 nitrogen and oxygen atoms in total. The lowest BCUT2D eigenvalue weighted by Crippen LogP contribution is -2.47. The van der Waals surface area contributed by atoms with Crippen LogP contribution in [0.25, 0.3) is 0 Å². The van der Waals surface area contributed by atoms with Crippen molar-refractivity contribution in [3.8, 4) is 0 Å². The summed E-state index contributed by atoms with van der Waals surface area (Å²) in [7, 11) is 2.18. The van der Waals surface area contributed by atoms with Gasteiger partial charge in [-0.2, -0.15) is 0 Å². The molecule has 0 atom stereocenters. The largest absolute Gasteiger partial charge is 0.341 e. The lowest BCUT2D eigenvalue weighted by Gasteiger charge is -2.37. The molecule has 0 bridgehead atoms. The standard InChI is InChI=1S/C15H24N6O2/c1-18-6-8-19(9-7-18)12-13-2-4-20(5-3-13)15-16-10-14(11-17-15)21(22)23/h10-11,13H,2-9,12H2,1H3. The molecule has 0 aromatic carbocycles. The number of rotatable bonds is 4. The molecule has 0 saturated carbocycles. The van der Waals surface area contributed by atoms with Crippen LogP contribution in [0.5, 0.6) is 0 Å². The Hall–Kier alpha value is -1.80. The van der Waals surface area contributed by atoms with E-state index in [1.807, 2.05) is 0 Å². The minimum absolute atomic E-state index is 0.0568. The van der Waals surface area contributed by atoms with Crippen LogP contribution in [0.3, 0.4) is 0 Å². The predicted octanol–water partition coefficient (Wildman–Crippen LogP) is 0.849. The Labute approximate surface area is 136 Å². The van der Waals surface area contributed by atoms with E-state index in [-0.39, 0.29) is 5.69 Å². The predicted molar refractivity (Wildman–Crippen MR) is 87.6 cm³/mol. The Kier molecular flexibility index (Phi) is 5.02. The highest BCUT2D eigenvalue weighted by atomic mass is 16.6. The van der Waals surface area contributed by atoms with Crippen molar-refractivity contribution in [2.45, 2.75) is 12.8 Å². The average molecular weight is 320 g/mol. The maximum atomic E-state index is 10.6. The van der Waals surface area contributed by atoms with Gasteiger partial charge < -0.3 is 14.7 Å². The van der Waals surface area contributed by atoms with Gasteiger partial charge in [0.15, 0.2) is 0 Å². The molecule has 3 heterocycles. The summed E-state index contributed by atoms with van der Waals surface area (Å²) in [5.74, 6) is 1.33. The molecule has 0 radical (unpaired) electrons. The summed E-state index contributed by atoms with van der Waals surface area (Å²) in [5.41, 5.74) is -0.0568. The van der Waals surface area contributed by atoms with E-state index in [4.69, 9.17) is 0 Å². The summed E-state index contributed by atoms with van der Waals surface area (Å²) in [6.45, 7) is 7.70. The van der Waals surface area contributed by atoms with E-state index < -0.39 is 4.92 Å². The fourth-order valence-corrected chi connectivity index (χ4v) is 3.28. The zero-order valence-electron chi connectivity index (χ0n) is 13.6. The van der Waals surface area contributed by atoms with Crippen molar-refractivity contribution in [2.75, 3.05) is 57.8 Å². The molecule has 1 aromatic rings. The zero-order chi connectivity index (χ0) is 16.2. The number of aromatic nitrogens is 2. The minimum Gasteiger partial charge on any atom is -0.341 e. The summed E-state index contributed by atoms with van der Waals surface area (Å²) < 4.78 is 0. The molecular formula is C15H24N6O2. The smallest absolute Gasteiger partial charge is 0.305 e. The third kappa shape index (κ3) is 4.14. The molecule has 0 spiro atoms. The van der Waals surface area contributed by atoms with Crippen LogP contribution >= 0.6 is 0 Å². The first-order valence-electron chi connectivity index (χ1n) is 8.24. The first kappa shape index (κ1) is 16.1. The summed E-state index contributed by atoms with van der Waals surface area (Å²) in [6.07, 6.45) is 4.84. The number of hydrogen-bond acceptors (Lipinski definition) is 7. The van der Waals surface area contributed by atoms with Crippen molar-refractivity contribution in [1.82, 2.24) is 19.8 Å². The quantitative estimate of drug-likeness (QED) is 0.601. The Morgan fingerprint density at radius 2 is 1.74 bits per heavy atom. The van der Waals surface area contributed by atoms with Crippen molar-refractivity contribution in [1.29, 1.82) is 0 Å². The highest BCUT2D eigenvalue weighted by molar-refractivity contribution is 5.34. The molecule has 1 aromatic heterocycles. The van der Waals surface area contributed by atoms with Crippen LogP contribution in [0.4, 0.5) is 11.6 Å². The topological polar surface area (TPSA) is 78.6 Å². The molecule has 2 aliphatic heterocycles. The molecule has 2 aliphatic rings. The molecule has 0 N–H and O–H groups in total. The molecule has 0 aliphatic carbocycles. The SMILES string of the molecule is CN1CCN(CC2CCN(c3ncc([N+](=O)[O-])cn3)CC2)CC1. The van der Waals surface area contributed by atoms with Crippen molar-refractivity contribution in [3.63, 3.8) is 0 Å². The Balaban J connectivity index is 1.47. The lowest BCUT2D eigenvalue weighted by molar-refractivity contribution is -0.385. The van der Waals surface area contributed by atoms with E-state index in [1.54, 1.807) is 0 Å². The Morgan fingerprint density at radius 1 is 1.13 bits per heavy atom. The van der Waals surface area contributed by atoms with E-state index in [0.717, 1.165) is 44.9 Å². The van der Waals surface area contributed by atoms with Gasteiger partial charge in [0.2, 0.25) is 5.95 Å². The van der Waals surface area contributed by atoms with Crippen LogP contribution in [0.1, 0.15) is 12.8 Å². The second-order valence-electron chi connectivity index (χ2n) is 6.53. The summed E-state index contributed by atoms with van der Waals surface area (Å²) in [4.78, 5) is 25.5. The number of anilines is 1. The molecule has 2 saturated heterocycles. The van der Waals surface area contributed by atoms with Gasteiger partial charge >= 0.3 is 5.69 Å². The first-order chi connectivity index (χ1) is 11.1. The lowest BCUT2D eigenvalue weighted by atomic mass is 9.96. The number of nitrogens with zero attached hydrogens (tertiary/aromatic N) is 6. The second kappa shape index (κ2) is 7.18. The highest BCUT2D eigenvalue weighted by Gasteiger charge is 2.24. The van der Waals surface area contributed by atoms with Gasteiger partial charge in [0.25, 0.3) is 0 Å². The fraction of sp³-hybridized carbons (Fsp3) is 0.733. The van der Waals surface area contributed by atoms with Gasteiger partial charge in [-0.3, -0.25) is 10.1 Å². The van der Waals surface area contributed by atoms with E-state index in [0.29, 0.717) is 5.95 Å². The van der Waals surface area contributed by atoms with Crippen LogP contribution in [0.2, 0.25) is 0 Å². The van der Waals surface area contributed by atoms with Gasteiger partial charge in [-0.05, 0) is 25.8 Å². The molecular weight excluding hydrogens is 296 g/mol. The monoisotopic (exact) mass is 320 g/mol. The second-order valence-corrected chi connectivity index (χ2v) is 6.53. The molecule has 8 heteroatoms. The number of likely N-dealkylation sites (N-methyl/N-ethyl adjacent to an activating group) is 1. The Morgan fingerprint density at radius 3 is 2.30 bits per heavy atom. The summed E-state index contributed by atoms with van der Waals surface area (Å²) in [5, 5.41) is 10.6. The number of hydrogen-bond donors (Lipinski definition) is 0. The highest BCUT2D eigenvalue weighted by Crippen LogP contribution is 2.22. The summed E-state index contributed by atoms with van der Waals surface area (Å²) in [6, 6.07) is 0. The average Bonchev–Trinajstić information content (AvgIpc) is 2.58. The molecule has 2 fully saturated rings. The summed E-state index contributed by atoms with van der Waals surface area (Å²) >= 11 is 0. The third-order valence-electron chi connectivity index (χ3n) is 4.85. The van der Waals surface area contributed by atoms with Gasteiger partial charge in [-0.15, -0.1) is 0 Å². The third-order valence-corrected chi connectivity index (χ3v) is 4.85. The molecule has 126 valence electrons. The molecule has 3 rings (SSSR count). The van der Waals surface area contributed by atoms with Crippen LogP contribution in [0.15, 0.2) is 12.4 Å². The van der Waals surface area contributed by atoms with E-state index >= 15 is 0 Å². The minimum atomic E-state index is -0.466. The zero-order valence-corrected chi connectivity index (χ0v) is 13.6. The van der Waals surface area contributed by atoms with Crippen LogP contribution in [0, 0.1) is 16.0 Å². The van der Waals surface area contributed by atoms with Crippen molar-refractivity contribution < 1.29 is 4.92 Å². The van der Waals surface area contributed by atoms with Crippen LogP contribution in [-0.4, -0.2) is 77.6 Å². The maximum absolute atomic E-state index is 10.6. The van der Waals surface area contributed by atoms with Crippen LogP contribution in [-0.2, 0) is 0 Å². The van der Waals surface area contributed by atoms with E-state index in [9.17, 15) is 10.1 Å².